The van der Waals surface area contributed by atoms with E-state index < -0.39 is 17.4 Å². The van der Waals surface area contributed by atoms with Crippen LogP contribution in [-0.4, -0.2) is 23.7 Å². The number of carboxylic acid groups (broad SMARTS) is 2. The third kappa shape index (κ3) is 9.03. The molecule has 5 heteroatoms. The minimum Gasteiger partial charge on any atom is -0.549 e. The van der Waals surface area contributed by atoms with Gasteiger partial charge in [0, 0.05) is 12.0 Å². The van der Waals surface area contributed by atoms with Crippen LogP contribution in [0.3, 0.4) is 0 Å². The zero-order chi connectivity index (χ0) is 16.8. The quantitative estimate of drug-likeness (QED) is 0.361. The molecule has 0 aromatic heterocycles. The van der Waals surface area contributed by atoms with Crippen molar-refractivity contribution in [2.75, 3.05) is 6.61 Å². The number of unbranched alkanes of at least 4 members (excludes halogenated alkanes) is 10. The van der Waals surface area contributed by atoms with Gasteiger partial charge in [-0.15, -0.1) is 0 Å². The highest BCUT2D eigenvalue weighted by Crippen LogP contribution is 2.23. The molecule has 0 rings (SSSR count). The number of aliphatic hydroxyl groups is 1. The number of hydrogen-bond acceptors (Lipinski definition) is 5. The minimum atomic E-state index is -1.87. The van der Waals surface area contributed by atoms with Crippen molar-refractivity contribution >= 4 is 11.9 Å². The van der Waals surface area contributed by atoms with Gasteiger partial charge in [0.2, 0.25) is 0 Å². The molecule has 0 amide bonds. The molecule has 130 valence electrons. The van der Waals surface area contributed by atoms with Crippen LogP contribution in [0.5, 0.6) is 0 Å². The van der Waals surface area contributed by atoms with Crippen molar-refractivity contribution in [3.63, 3.8) is 0 Å². The van der Waals surface area contributed by atoms with Gasteiger partial charge in [-0.25, -0.2) is 0 Å². The van der Waals surface area contributed by atoms with Gasteiger partial charge in [0.1, 0.15) is 0 Å². The van der Waals surface area contributed by atoms with E-state index in [2.05, 4.69) is 0 Å². The fraction of sp³-hybridized carbons (Fsp3) is 0.882. The van der Waals surface area contributed by atoms with E-state index in [0.717, 1.165) is 45.4 Å². The Morgan fingerprint density at radius 2 is 1.05 bits per heavy atom. The second kappa shape index (κ2) is 12.4. The molecule has 5 nitrogen and oxygen atoms in total. The molecule has 0 atom stereocenters. The molecule has 0 aromatic carbocycles. The number of rotatable bonds is 15. The smallest absolute Gasteiger partial charge is 0.0529 e. The summed E-state index contributed by atoms with van der Waals surface area (Å²) < 4.78 is 0. The highest BCUT2D eigenvalue weighted by Gasteiger charge is 2.26. The highest BCUT2D eigenvalue weighted by atomic mass is 16.4. The fourth-order valence-corrected chi connectivity index (χ4v) is 2.47. The van der Waals surface area contributed by atoms with Crippen LogP contribution in [0.25, 0.3) is 0 Å². The van der Waals surface area contributed by atoms with E-state index in [4.69, 9.17) is 5.11 Å². The number of carboxylic acids is 2. The highest BCUT2D eigenvalue weighted by molar-refractivity contribution is 5.95. The van der Waals surface area contributed by atoms with Gasteiger partial charge in [0.15, 0.2) is 0 Å². The van der Waals surface area contributed by atoms with E-state index in [-0.39, 0.29) is 13.0 Å². The SMILES string of the molecule is CC(CCCCCCCCCCCCCO)(C(=O)[O-])C(=O)[O-]. The van der Waals surface area contributed by atoms with E-state index >= 15 is 0 Å². The first-order valence-corrected chi connectivity index (χ1v) is 8.49. The van der Waals surface area contributed by atoms with Gasteiger partial charge in [-0.2, -0.15) is 0 Å². The maximum absolute atomic E-state index is 10.8. The van der Waals surface area contributed by atoms with Gasteiger partial charge < -0.3 is 24.9 Å². The number of carbonyl (C=O) groups excluding carboxylic acids is 2. The van der Waals surface area contributed by atoms with E-state index in [0.29, 0.717) is 6.42 Å². The molecule has 0 radical (unpaired) electrons. The van der Waals surface area contributed by atoms with Crippen LogP contribution >= 0.6 is 0 Å². The Labute approximate surface area is 133 Å². The van der Waals surface area contributed by atoms with E-state index in [1.165, 1.54) is 25.7 Å². The lowest BCUT2D eigenvalue weighted by Gasteiger charge is -2.31. The van der Waals surface area contributed by atoms with Crippen molar-refractivity contribution in [1.82, 2.24) is 0 Å². The Hall–Kier alpha value is -1.10. The molecular formula is C17H30O5-2. The van der Waals surface area contributed by atoms with E-state index in [9.17, 15) is 19.8 Å². The molecule has 0 saturated heterocycles. The van der Waals surface area contributed by atoms with Crippen LogP contribution < -0.4 is 10.2 Å². The fourth-order valence-electron chi connectivity index (χ4n) is 2.47. The molecule has 0 aliphatic carbocycles. The van der Waals surface area contributed by atoms with Crippen molar-refractivity contribution in [3.8, 4) is 0 Å². The maximum atomic E-state index is 10.8. The zero-order valence-electron chi connectivity index (χ0n) is 13.8. The summed E-state index contributed by atoms with van der Waals surface area (Å²) in [7, 11) is 0. The van der Waals surface area contributed by atoms with Crippen molar-refractivity contribution in [2.24, 2.45) is 5.41 Å². The molecule has 0 aliphatic rings. The summed E-state index contributed by atoms with van der Waals surface area (Å²) in [5.41, 5.74) is -1.87. The van der Waals surface area contributed by atoms with Gasteiger partial charge >= 0.3 is 0 Å². The number of hydrogen-bond donors (Lipinski definition) is 1. The molecule has 22 heavy (non-hydrogen) atoms. The van der Waals surface area contributed by atoms with Crippen LogP contribution in [0.2, 0.25) is 0 Å². The first-order chi connectivity index (χ1) is 10.4. The zero-order valence-corrected chi connectivity index (χ0v) is 13.8. The van der Waals surface area contributed by atoms with E-state index in [1.54, 1.807) is 0 Å². The predicted molar refractivity (Wildman–Crippen MR) is 80.6 cm³/mol. The average Bonchev–Trinajstić information content (AvgIpc) is 2.47. The Kier molecular flexibility index (Phi) is 11.8. The Morgan fingerprint density at radius 3 is 1.36 bits per heavy atom. The molecule has 0 heterocycles. The standard InChI is InChI=1S/C17H32O5/c1-17(15(19)20,16(21)22)13-11-9-7-5-3-2-4-6-8-10-12-14-18/h18H,2-14H2,1H3,(H,19,20)(H,21,22)/p-2. The second-order valence-corrected chi connectivity index (χ2v) is 6.27. The summed E-state index contributed by atoms with van der Waals surface area (Å²) in [6.45, 7) is 1.45. The second-order valence-electron chi connectivity index (χ2n) is 6.27. The van der Waals surface area contributed by atoms with Gasteiger partial charge in [-0.05, 0) is 19.8 Å². The van der Waals surface area contributed by atoms with Gasteiger partial charge in [-0.3, -0.25) is 0 Å². The molecule has 0 unspecified atom stereocenters. The van der Waals surface area contributed by atoms with Gasteiger partial charge in [-0.1, -0.05) is 64.2 Å². The van der Waals surface area contributed by atoms with Crippen LogP contribution in [0.4, 0.5) is 0 Å². The summed E-state index contributed by atoms with van der Waals surface area (Å²) in [6, 6.07) is 0. The van der Waals surface area contributed by atoms with Crippen molar-refractivity contribution in [2.45, 2.75) is 84.0 Å². The Bertz CT molecular complexity index is 300. The largest absolute Gasteiger partial charge is 0.549 e. The van der Waals surface area contributed by atoms with Crippen LogP contribution in [0.1, 0.15) is 84.0 Å². The first kappa shape index (κ1) is 20.9. The summed E-state index contributed by atoms with van der Waals surface area (Å²) in [6.07, 6.45) is 11.6. The molecule has 0 saturated carbocycles. The third-order valence-electron chi connectivity index (χ3n) is 4.24. The summed E-state index contributed by atoms with van der Waals surface area (Å²) >= 11 is 0. The minimum absolute atomic E-state index is 0.0719. The lowest BCUT2D eigenvalue weighted by Crippen LogP contribution is -2.51. The Balaban J connectivity index is 3.47. The summed E-state index contributed by atoms with van der Waals surface area (Å²) in [5.74, 6) is -3.12. The predicted octanol–water partition coefficient (Wildman–Crippen LogP) is 1.17. The van der Waals surface area contributed by atoms with Crippen molar-refractivity contribution in [3.05, 3.63) is 0 Å². The maximum Gasteiger partial charge on any atom is 0.0529 e. The number of aliphatic hydroxyl groups excluding tert-OH is 1. The van der Waals surface area contributed by atoms with Crippen molar-refractivity contribution < 1.29 is 24.9 Å². The lowest BCUT2D eigenvalue weighted by molar-refractivity contribution is -0.342. The summed E-state index contributed by atoms with van der Waals surface area (Å²) in [5, 5.41) is 30.3. The Morgan fingerprint density at radius 1 is 0.727 bits per heavy atom. The van der Waals surface area contributed by atoms with Gasteiger partial charge in [0.05, 0.1) is 11.9 Å². The van der Waals surface area contributed by atoms with Crippen LogP contribution in [0, 0.1) is 5.41 Å². The number of aliphatic carboxylic acids is 2. The molecular weight excluding hydrogens is 284 g/mol. The topological polar surface area (TPSA) is 100 Å². The van der Waals surface area contributed by atoms with Crippen molar-refractivity contribution in [1.29, 1.82) is 0 Å². The first-order valence-electron chi connectivity index (χ1n) is 8.49. The van der Waals surface area contributed by atoms with Gasteiger partial charge in [0.25, 0.3) is 0 Å². The monoisotopic (exact) mass is 314 g/mol. The number of carbonyl (C=O) groups is 2. The molecule has 0 fully saturated rings. The molecule has 0 aliphatic heterocycles. The molecule has 0 aromatic rings. The third-order valence-corrected chi connectivity index (χ3v) is 4.24. The molecule has 0 bridgehead atoms. The lowest BCUT2D eigenvalue weighted by atomic mass is 9.85. The van der Waals surface area contributed by atoms with Crippen LogP contribution in [-0.2, 0) is 9.59 Å². The van der Waals surface area contributed by atoms with Crippen LogP contribution in [0.15, 0.2) is 0 Å². The molecule has 0 spiro atoms. The van der Waals surface area contributed by atoms with E-state index in [1.807, 2.05) is 0 Å². The molecule has 1 N–H and O–H groups in total. The average molecular weight is 314 g/mol. The normalized spacial score (nSPS) is 11.5. The summed E-state index contributed by atoms with van der Waals surface area (Å²) in [4.78, 5) is 21.7.